The molecule has 0 radical (unpaired) electrons. The summed E-state index contributed by atoms with van der Waals surface area (Å²) in [5.74, 6) is -0.519. The van der Waals surface area contributed by atoms with Crippen molar-refractivity contribution in [3.05, 3.63) is 88.5 Å². The minimum absolute atomic E-state index is 0.217. The summed E-state index contributed by atoms with van der Waals surface area (Å²) < 4.78 is 0. The SMILES string of the molecule is CN1C(=O)/C(=C2\SC(=Nc3cccnc3Cl)N(c3ccccc3)C2=O)c2ccccc21. The molecule has 0 aliphatic carbocycles. The van der Waals surface area contributed by atoms with Crippen LogP contribution in [0.4, 0.5) is 17.1 Å². The first-order chi connectivity index (χ1) is 15.1. The van der Waals surface area contributed by atoms with Crippen molar-refractivity contribution in [2.75, 3.05) is 16.8 Å². The van der Waals surface area contributed by atoms with Crippen LogP contribution in [-0.4, -0.2) is 29.0 Å². The summed E-state index contributed by atoms with van der Waals surface area (Å²) in [6, 6.07) is 20.1. The lowest BCUT2D eigenvalue weighted by atomic mass is 10.1. The molecule has 152 valence electrons. The van der Waals surface area contributed by atoms with Gasteiger partial charge in [0.2, 0.25) is 0 Å². The zero-order valence-corrected chi connectivity index (χ0v) is 17.9. The Labute approximate surface area is 187 Å². The van der Waals surface area contributed by atoms with Gasteiger partial charge < -0.3 is 4.90 Å². The maximum atomic E-state index is 13.6. The van der Waals surface area contributed by atoms with Crippen LogP contribution >= 0.6 is 23.4 Å². The van der Waals surface area contributed by atoms with Crippen LogP contribution in [0, 0.1) is 0 Å². The van der Waals surface area contributed by atoms with Gasteiger partial charge in [0, 0.05) is 18.8 Å². The molecule has 0 unspecified atom stereocenters. The van der Waals surface area contributed by atoms with E-state index in [1.54, 1.807) is 30.3 Å². The Morgan fingerprint density at radius 1 is 0.935 bits per heavy atom. The molecular formula is C23H15ClN4O2S. The summed E-state index contributed by atoms with van der Waals surface area (Å²) in [6.07, 6.45) is 1.57. The number of halogens is 1. The Morgan fingerprint density at radius 2 is 1.68 bits per heavy atom. The number of aliphatic imine (C=N–C) groups is 1. The minimum atomic E-state index is -0.302. The molecular weight excluding hydrogens is 432 g/mol. The predicted octanol–water partition coefficient (Wildman–Crippen LogP) is 4.89. The van der Waals surface area contributed by atoms with Gasteiger partial charge in [0.25, 0.3) is 11.8 Å². The number of benzene rings is 2. The van der Waals surface area contributed by atoms with E-state index in [4.69, 9.17) is 11.6 Å². The van der Waals surface area contributed by atoms with Crippen molar-refractivity contribution in [2.45, 2.75) is 0 Å². The molecule has 2 amide bonds. The third-order valence-electron chi connectivity index (χ3n) is 5.03. The van der Waals surface area contributed by atoms with E-state index >= 15 is 0 Å². The lowest BCUT2D eigenvalue weighted by molar-refractivity contribution is -0.115. The number of para-hydroxylation sites is 2. The highest BCUT2D eigenvalue weighted by Gasteiger charge is 2.42. The van der Waals surface area contributed by atoms with Gasteiger partial charge in [-0.1, -0.05) is 48.0 Å². The van der Waals surface area contributed by atoms with Gasteiger partial charge in [-0.3, -0.25) is 14.5 Å². The van der Waals surface area contributed by atoms with Crippen molar-refractivity contribution in [3.63, 3.8) is 0 Å². The predicted molar refractivity (Wildman–Crippen MR) is 125 cm³/mol. The van der Waals surface area contributed by atoms with E-state index in [0.29, 0.717) is 27.0 Å². The molecule has 3 aromatic rings. The van der Waals surface area contributed by atoms with Gasteiger partial charge in [-0.15, -0.1) is 0 Å². The maximum absolute atomic E-state index is 13.6. The average molecular weight is 447 g/mol. The van der Waals surface area contributed by atoms with Crippen LogP contribution < -0.4 is 9.80 Å². The van der Waals surface area contributed by atoms with Crippen molar-refractivity contribution >= 4 is 63.0 Å². The molecule has 8 heteroatoms. The summed E-state index contributed by atoms with van der Waals surface area (Å²) in [7, 11) is 1.71. The molecule has 0 saturated carbocycles. The summed E-state index contributed by atoms with van der Waals surface area (Å²) in [6.45, 7) is 0. The molecule has 31 heavy (non-hydrogen) atoms. The Hall–Kier alpha value is -3.42. The molecule has 0 N–H and O–H groups in total. The third kappa shape index (κ3) is 3.22. The van der Waals surface area contributed by atoms with Gasteiger partial charge in [0.05, 0.1) is 21.9 Å². The number of likely N-dealkylation sites (N-methyl/N-ethyl adjacent to an activating group) is 1. The number of rotatable bonds is 2. The van der Waals surface area contributed by atoms with Crippen molar-refractivity contribution in [2.24, 2.45) is 4.99 Å². The first-order valence-electron chi connectivity index (χ1n) is 9.44. The fraction of sp³-hybridized carbons (Fsp3) is 0.0435. The van der Waals surface area contributed by atoms with Crippen LogP contribution in [0.2, 0.25) is 5.15 Å². The van der Waals surface area contributed by atoms with E-state index in [1.165, 1.54) is 4.90 Å². The number of thioether (sulfide) groups is 1. The van der Waals surface area contributed by atoms with E-state index in [2.05, 4.69) is 9.98 Å². The zero-order valence-electron chi connectivity index (χ0n) is 16.3. The molecule has 1 saturated heterocycles. The van der Waals surface area contributed by atoms with Gasteiger partial charge in [0.1, 0.15) is 5.69 Å². The van der Waals surface area contributed by atoms with Crippen molar-refractivity contribution < 1.29 is 9.59 Å². The number of aromatic nitrogens is 1. The largest absolute Gasteiger partial charge is 0.311 e. The lowest BCUT2D eigenvalue weighted by Gasteiger charge is -2.15. The van der Waals surface area contributed by atoms with E-state index < -0.39 is 0 Å². The van der Waals surface area contributed by atoms with Crippen LogP contribution in [0.25, 0.3) is 5.57 Å². The first kappa shape index (κ1) is 19.5. The van der Waals surface area contributed by atoms with Crippen molar-refractivity contribution in [3.8, 4) is 0 Å². The minimum Gasteiger partial charge on any atom is -0.311 e. The monoisotopic (exact) mass is 446 g/mol. The highest BCUT2D eigenvalue weighted by atomic mass is 35.5. The number of fused-ring (bicyclic) bond motifs is 1. The highest BCUT2D eigenvalue weighted by Crippen LogP contribution is 2.45. The van der Waals surface area contributed by atoms with Crippen molar-refractivity contribution in [1.82, 2.24) is 4.98 Å². The fourth-order valence-electron chi connectivity index (χ4n) is 3.56. The van der Waals surface area contributed by atoms with E-state index in [0.717, 1.165) is 23.0 Å². The molecule has 1 fully saturated rings. The Balaban J connectivity index is 1.71. The van der Waals surface area contributed by atoms with E-state index in [-0.39, 0.29) is 17.0 Å². The van der Waals surface area contributed by atoms with E-state index in [1.807, 2.05) is 54.6 Å². The standard InChI is InChI=1S/C23H15ClN4O2S/c1-27-17-12-6-5-10-15(17)18(21(27)29)19-22(30)28(14-8-3-2-4-9-14)23(31-19)26-16-11-7-13-25-20(16)24/h2-13H,1H3/b19-18-,26-23?. The molecule has 6 nitrogen and oxygen atoms in total. The highest BCUT2D eigenvalue weighted by molar-refractivity contribution is 8.19. The summed E-state index contributed by atoms with van der Waals surface area (Å²) in [5, 5.41) is 0.646. The van der Waals surface area contributed by atoms with Gasteiger partial charge in [0.15, 0.2) is 10.3 Å². The molecule has 0 spiro atoms. The zero-order chi connectivity index (χ0) is 21.5. The van der Waals surface area contributed by atoms with Gasteiger partial charge >= 0.3 is 0 Å². The maximum Gasteiger partial charge on any atom is 0.272 e. The molecule has 2 aromatic carbocycles. The smallest absolute Gasteiger partial charge is 0.272 e. The number of carbonyl (C=O) groups is 2. The Morgan fingerprint density at radius 3 is 2.45 bits per heavy atom. The molecule has 5 rings (SSSR count). The third-order valence-corrected chi connectivity index (χ3v) is 6.36. The Bertz CT molecular complexity index is 1290. The molecule has 2 aliphatic heterocycles. The van der Waals surface area contributed by atoms with Gasteiger partial charge in [-0.25, -0.2) is 9.98 Å². The normalized spacial score (nSPS) is 19.5. The Kier molecular flexibility index (Phi) is 4.84. The first-order valence-corrected chi connectivity index (χ1v) is 10.6. The molecule has 0 atom stereocenters. The van der Waals surface area contributed by atoms with Crippen LogP contribution in [0.5, 0.6) is 0 Å². The number of anilines is 2. The second-order valence-electron chi connectivity index (χ2n) is 6.87. The number of nitrogens with zero attached hydrogens (tertiary/aromatic N) is 4. The van der Waals surface area contributed by atoms with Crippen LogP contribution in [0.3, 0.4) is 0 Å². The van der Waals surface area contributed by atoms with Gasteiger partial charge in [-0.2, -0.15) is 0 Å². The fourth-order valence-corrected chi connectivity index (χ4v) is 4.80. The summed E-state index contributed by atoms with van der Waals surface area (Å²) in [4.78, 5) is 38.7. The number of hydrogen-bond acceptors (Lipinski definition) is 5. The van der Waals surface area contributed by atoms with Gasteiger partial charge in [-0.05, 0) is 42.1 Å². The quantitative estimate of drug-likeness (QED) is 0.415. The van der Waals surface area contributed by atoms with E-state index in [9.17, 15) is 9.59 Å². The molecule has 0 bridgehead atoms. The van der Waals surface area contributed by atoms with Crippen LogP contribution in [0.1, 0.15) is 5.56 Å². The number of pyridine rings is 1. The average Bonchev–Trinajstić information content (AvgIpc) is 3.24. The molecule has 3 heterocycles. The summed E-state index contributed by atoms with van der Waals surface area (Å²) in [5.41, 5.74) is 3.00. The topological polar surface area (TPSA) is 65.9 Å². The number of amides is 2. The summed E-state index contributed by atoms with van der Waals surface area (Å²) >= 11 is 7.37. The second kappa shape index (κ2) is 7.68. The van der Waals surface area contributed by atoms with Crippen LogP contribution in [0.15, 0.2) is 82.8 Å². The second-order valence-corrected chi connectivity index (χ2v) is 8.21. The molecule has 2 aliphatic rings. The number of amidine groups is 1. The number of carbonyl (C=O) groups excluding carboxylic acids is 2. The molecule has 1 aromatic heterocycles. The lowest BCUT2D eigenvalue weighted by Crippen LogP contribution is -2.29. The van der Waals surface area contributed by atoms with Crippen LogP contribution in [-0.2, 0) is 9.59 Å². The van der Waals surface area contributed by atoms with Crippen molar-refractivity contribution in [1.29, 1.82) is 0 Å². The number of hydrogen-bond donors (Lipinski definition) is 0.